The van der Waals surface area contributed by atoms with Crippen molar-refractivity contribution in [1.29, 1.82) is 0 Å². The van der Waals surface area contributed by atoms with E-state index < -0.39 is 0 Å². The van der Waals surface area contributed by atoms with Gasteiger partial charge in [0.15, 0.2) is 5.76 Å². The van der Waals surface area contributed by atoms with Crippen LogP contribution < -0.4 is 14.4 Å². The highest BCUT2D eigenvalue weighted by Crippen LogP contribution is 2.30. The summed E-state index contributed by atoms with van der Waals surface area (Å²) in [5.41, 5.74) is 3.31. The fourth-order valence-corrected chi connectivity index (χ4v) is 4.40. The number of piperazine rings is 1. The number of amides is 1. The van der Waals surface area contributed by atoms with Gasteiger partial charge in [0.2, 0.25) is 5.89 Å². The average molecular weight is 484 g/mol. The van der Waals surface area contributed by atoms with Gasteiger partial charge in [0.25, 0.3) is 5.91 Å². The van der Waals surface area contributed by atoms with Crippen LogP contribution in [0.5, 0.6) is 11.5 Å². The van der Waals surface area contributed by atoms with Gasteiger partial charge in [-0.15, -0.1) is 0 Å². The Kier molecular flexibility index (Phi) is 6.89. The quantitative estimate of drug-likeness (QED) is 0.352. The highest BCUT2D eigenvalue weighted by Gasteiger charge is 2.25. The first-order chi connectivity index (χ1) is 17.7. The molecule has 0 bridgehead atoms. The van der Waals surface area contributed by atoms with Crippen molar-refractivity contribution in [3.05, 3.63) is 84.6 Å². The molecule has 1 fully saturated rings. The van der Waals surface area contributed by atoms with E-state index in [1.165, 1.54) is 0 Å². The molecule has 1 saturated heterocycles. The standard InChI is InChI=1S/C29H29N3O4/c1-3-35-24-12-8-21(9-13-24)27-20-30-28(36-27)25-6-4-5-7-26(25)29(33)32-18-16-31(17-19-32)22-10-14-23(34-2)15-11-22/h4-15,20H,3,16-19H2,1-2H3. The summed E-state index contributed by atoms with van der Waals surface area (Å²) in [5, 5.41) is 0. The SMILES string of the molecule is CCOc1ccc(-c2cnc(-c3ccccc3C(=O)N3CCN(c4ccc(OC)cc4)CC3)o2)cc1. The second-order valence-electron chi connectivity index (χ2n) is 8.51. The number of carbonyl (C=O) groups excluding carboxylic acids is 1. The van der Waals surface area contributed by atoms with E-state index in [9.17, 15) is 4.79 Å². The van der Waals surface area contributed by atoms with E-state index in [-0.39, 0.29) is 5.91 Å². The average Bonchev–Trinajstić information content (AvgIpc) is 3.44. The number of aromatic nitrogens is 1. The van der Waals surface area contributed by atoms with Crippen molar-refractivity contribution in [3.63, 3.8) is 0 Å². The molecule has 3 aromatic carbocycles. The minimum absolute atomic E-state index is 0.0131. The largest absolute Gasteiger partial charge is 0.497 e. The molecule has 0 aliphatic carbocycles. The number of anilines is 1. The fraction of sp³-hybridized carbons (Fsp3) is 0.241. The number of benzene rings is 3. The monoisotopic (exact) mass is 483 g/mol. The molecule has 7 heteroatoms. The van der Waals surface area contributed by atoms with Crippen molar-refractivity contribution < 1.29 is 18.7 Å². The molecule has 4 aromatic rings. The Bertz CT molecular complexity index is 1310. The van der Waals surface area contributed by atoms with Crippen LogP contribution in [0.2, 0.25) is 0 Å². The van der Waals surface area contributed by atoms with Crippen molar-refractivity contribution in [2.45, 2.75) is 6.92 Å². The summed E-state index contributed by atoms with van der Waals surface area (Å²) in [7, 11) is 1.66. The van der Waals surface area contributed by atoms with E-state index in [1.807, 2.05) is 72.5 Å². The van der Waals surface area contributed by atoms with E-state index in [0.717, 1.165) is 35.8 Å². The number of hydrogen-bond donors (Lipinski definition) is 0. The van der Waals surface area contributed by atoms with Crippen LogP contribution in [0, 0.1) is 0 Å². The first-order valence-corrected chi connectivity index (χ1v) is 12.1. The zero-order chi connectivity index (χ0) is 24.9. The zero-order valence-electron chi connectivity index (χ0n) is 20.5. The van der Waals surface area contributed by atoms with Crippen LogP contribution in [0.1, 0.15) is 17.3 Å². The fourth-order valence-electron chi connectivity index (χ4n) is 4.40. The molecule has 1 amide bonds. The third kappa shape index (κ3) is 4.91. The molecule has 184 valence electrons. The molecular weight excluding hydrogens is 454 g/mol. The van der Waals surface area contributed by atoms with Gasteiger partial charge in [-0.3, -0.25) is 4.79 Å². The Morgan fingerprint density at radius 1 is 0.917 bits per heavy atom. The van der Waals surface area contributed by atoms with Gasteiger partial charge in [-0.1, -0.05) is 12.1 Å². The third-order valence-corrected chi connectivity index (χ3v) is 6.35. The van der Waals surface area contributed by atoms with Crippen molar-refractivity contribution in [2.24, 2.45) is 0 Å². The highest BCUT2D eigenvalue weighted by molar-refractivity contribution is 6.00. The minimum atomic E-state index is -0.0131. The van der Waals surface area contributed by atoms with E-state index in [0.29, 0.717) is 42.5 Å². The Morgan fingerprint density at radius 2 is 1.61 bits per heavy atom. The maximum atomic E-state index is 13.5. The molecule has 0 radical (unpaired) electrons. The predicted octanol–water partition coefficient (Wildman–Crippen LogP) is 5.38. The first kappa shape index (κ1) is 23.5. The molecule has 1 aromatic heterocycles. The lowest BCUT2D eigenvalue weighted by Gasteiger charge is -2.36. The van der Waals surface area contributed by atoms with Gasteiger partial charge < -0.3 is 23.7 Å². The number of oxazole rings is 1. The van der Waals surface area contributed by atoms with Crippen LogP contribution >= 0.6 is 0 Å². The Balaban J connectivity index is 1.30. The molecule has 7 nitrogen and oxygen atoms in total. The van der Waals surface area contributed by atoms with Gasteiger partial charge in [0, 0.05) is 43.0 Å². The maximum absolute atomic E-state index is 13.5. The minimum Gasteiger partial charge on any atom is -0.497 e. The molecule has 0 N–H and O–H groups in total. The summed E-state index contributed by atoms with van der Waals surface area (Å²) < 4.78 is 16.9. The van der Waals surface area contributed by atoms with Gasteiger partial charge in [0.1, 0.15) is 11.5 Å². The van der Waals surface area contributed by atoms with E-state index in [4.69, 9.17) is 13.9 Å². The van der Waals surface area contributed by atoms with E-state index in [2.05, 4.69) is 22.0 Å². The van der Waals surface area contributed by atoms with Gasteiger partial charge in [-0.25, -0.2) is 4.98 Å². The summed E-state index contributed by atoms with van der Waals surface area (Å²) >= 11 is 0. The molecule has 0 atom stereocenters. The van der Waals surface area contributed by atoms with E-state index in [1.54, 1.807) is 13.3 Å². The number of methoxy groups -OCH3 is 1. The zero-order valence-corrected chi connectivity index (χ0v) is 20.5. The molecule has 0 unspecified atom stereocenters. The van der Waals surface area contributed by atoms with Gasteiger partial charge in [-0.05, 0) is 67.6 Å². The number of nitrogens with zero attached hydrogens (tertiary/aromatic N) is 3. The number of hydrogen-bond acceptors (Lipinski definition) is 6. The van der Waals surface area contributed by atoms with Crippen molar-refractivity contribution in [1.82, 2.24) is 9.88 Å². The number of ether oxygens (including phenoxy) is 2. The Labute approximate surface area is 210 Å². The summed E-state index contributed by atoms with van der Waals surface area (Å²) in [6.45, 7) is 5.38. The molecule has 1 aliphatic heterocycles. The summed E-state index contributed by atoms with van der Waals surface area (Å²) in [5.74, 6) is 2.70. The van der Waals surface area contributed by atoms with Crippen molar-refractivity contribution >= 4 is 11.6 Å². The third-order valence-electron chi connectivity index (χ3n) is 6.35. The van der Waals surface area contributed by atoms with Crippen molar-refractivity contribution in [2.75, 3.05) is 44.8 Å². The molecule has 36 heavy (non-hydrogen) atoms. The Morgan fingerprint density at radius 3 is 2.31 bits per heavy atom. The predicted molar refractivity (Wildman–Crippen MR) is 140 cm³/mol. The van der Waals surface area contributed by atoms with Crippen LogP contribution in [0.3, 0.4) is 0 Å². The first-order valence-electron chi connectivity index (χ1n) is 12.1. The second-order valence-corrected chi connectivity index (χ2v) is 8.51. The molecule has 0 spiro atoms. The maximum Gasteiger partial charge on any atom is 0.254 e. The normalized spacial score (nSPS) is 13.5. The van der Waals surface area contributed by atoms with Gasteiger partial charge in [0.05, 0.1) is 25.5 Å². The Hall–Kier alpha value is -4.26. The lowest BCUT2D eigenvalue weighted by molar-refractivity contribution is 0.0747. The second kappa shape index (κ2) is 10.6. The summed E-state index contributed by atoms with van der Waals surface area (Å²) in [6, 6.07) is 23.2. The molecule has 2 heterocycles. The van der Waals surface area contributed by atoms with Gasteiger partial charge >= 0.3 is 0 Å². The van der Waals surface area contributed by atoms with E-state index >= 15 is 0 Å². The summed E-state index contributed by atoms with van der Waals surface area (Å²) in [4.78, 5) is 22.2. The molecule has 1 aliphatic rings. The smallest absolute Gasteiger partial charge is 0.254 e. The number of rotatable bonds is 7. The molecular formula is C29H29N3O4. The lowest BCUT2D eigenvalue weighted by Crippen LogP contribution is -2.48. The summed E-state index contributed by atoms with van der Waals surface area (Å²) in [6.07, 6.45) is 1.69. The lowest BCUT2D eigenvalue weighted by atomic mass is 10.1. The topological polar surface area (TPSA) is 68.0 Å². The number of carbonyl (C=O) groups is 1. The van der Waals surface area contributed by atoms with Crippen LogP contribution in [0.15, 0.2) is 83.4 Å². The van der Waals surface area contributed by atoms with Crippen LogP contribution in [0.4, 0.5) is 5.69 Å². The highest BCUT2D eigenvalue weighted by atomic mass is 16.5. The van der Waals surface area contributed by atoms with Gasteiger partial charge in [-0.2, -0.15) is 0 Å². The molecule has 5 rings (SSSR count). The van der Waals surface area contributed by atoms with Crippen molar-refractivity contribution in [3.8, 4) is 34.3 Å². The molecule has 0 saturated carbocycles. The van der Waals surface area contributed by atoms with Crippen LogP contribution in [0.25, 0.3) is 22.8 Å². The van der Waals surface area contributed by atoms with Crippen LogP contribution in [-0.2, 0) is 0 Å². The van der Waals surface area contributed by atoms with Crippen LogP contribution in [-0.4, -0.2) is 55.7 Å².